The zero-order chi connectivity index (χ0) is 13.5. The van der Waals surface area contributed by atoms with E-state index in [0.29, 0.717) is 12.5 Å². The quantitative estimate of drug-likeness (QED) is 0.734. The summed E-state index contributed by atoms with van der Waals surface area (Å²) >= 11 is 0. The standard InChI is InChI=1S/C13H24N2O3/c1-9(2)10-3-5-11(6-4-10)12(16)15-7-8-18-13(14)17/h9-11H,3-8H2,1-2H3,(H2,14,17)(H,15,16). The van der Waals surface area contributed by atoms with Gasteiger partial charge in [-0.15, -0.1) is 0 Å². The molecule has 1 saturated carbocycles. The highest BCUT2D eigenvalue weighted by Crippen LogP contribution is 2.33. The number of carbonyl (C=O) groups is 2. The SMILES string of the molecule is CC(C)C1CCC(C(=O)NCCOC(N)=O)CC1. The summed E-state index contributed by atoms with van der Waals surface area (Å²) in [4.78, 5) is 22.2. The molecule has 0 radical (unpaired) electrons. The zero-order valence-corrected chi connectivity index (χ0v) is 11.3. The van der Waals surface area contributed by atoms with E-state index in [-0.39, 0.29) is 18.4 Å². The smallest absolute Gasteiger partial charge is 0.404 e. The number of hydrogen-bond acceptors (Lipinski definition) is 3. The van der Waals surface area contributed by atoms with Crippen molar-refractivity contribution in [3.63, 3.8) is 0 Å². The van der Waals surface area contributed by atoms with E-state index in [4.69, 9.17) is 5.73 Å². The third-order valence-electron chi connectivity index (χ3n) is 3.73. The van der Waals surface area contributed by atoms with Crippen molar-refractivity contribution < 1.29 is 14.3 Å². The van der Waals surface area contributed by atoms with E-state index in [0.717, 1.165) is 31.6 Å². The van der Waals surface area contributed by atoms with Gasteiger partial charge < -0.3 is 15.8 Å². The van der Waals surface area contributed by atoms with Gasteiger partial charge in [0.15, 0.2) is 0 Å². The third-order valence-corrected chi connectivity index (χ3v) is 3.73. The Morgan fingerprint density at radius 1 is 1.28 bits per heavy atom. The normalized spacial score (nSPS) is 23.7. The molecule has 18 heavy (non-hydrogen) atoms. The molecule has 104 valence electrons. The van der Waals surface area contributed by atoms with Gasteiger partial charge in [-0.1, -0.05) is 13.8 Å². The zero-order valence-electron chi connectivity index (χ0n) is 11.3. The molecule has 3 N–H and O–H groups in total. The van der Waals surface area contributed by atoms with Crippen LogP contribution in [0.5, 0.6) is 0 Å². The molecule has 0 spiro atoms. The van der Waals surface area contributed by atoms with Crippen molar-refractivity contribution in [2.75, 3.05) is 13.2 Å². The fraction of sp³-hybridized carbons (Fsp3) is 0.846. The molecule has 1 aliphatic carbocycles. The first-order valence-electron chi connectivity index (χ1n) is 6.70. The second-order valence-corrected chi connectivity index (χ2v) is 5.31. The largest absolute Gasteiger partial charge is 0.448 e. The van der Waals surface area contributed by atoms with Crippen LogP contribution >= 0.6 is 0 Å². The fourth-order valence-corrected chi connectivity index (χ4v) is 2.52. The Balaban J connectivity index is 2.18. The summed E-state index contributed by atoms with van der Waals surface area (Å²) in [6.45, 7) is 4.97. The monoisotopic (exact) mass is 256 g/mol. The average molecular weight is 256 g/mol. The molecule has 5 heteroatoms. The van der Waals surface area contributed by atoms with Crippen molar-refractivity contribution in [2.24, 2.45) is 23.5 Å². The van der Waals surface area contributed by atoms with Crippen LogP contribution in [0.1, 0.15) is 39.5 Å². The van der Waals surface area contributed by atoms with Crippen LogP contribution in [-0.2, 0) is 9.53 Å². The highest BCUT2D eigenvalue weighted by Gasteiger charge is 2.27. The van der Waals surface area contributed by atoms with E-state index >= 15 is 0 Å². The van der Waals surface area contributed by atoms with Crippen LogP contribution in [0.25, 0.3) is 0 Å². The Morgan fingerprint density at radius 2 is 1.89 bits per heavy atom. The van der Waals surface area contributed by atoms with Gasteiger partial charge in [-0.3, -0.25) is 4.79 Å². The maximum atomic E-state index is 11.8. The summed E-state index contributed by atoms with van der Waals surface area (Å²) in [6, 6.07) is 0. The number of nitrogens with two attached hydrogens (primary N) is 1. The van der Waals surface area contributed by atoms with Gasteiger partial charge in [0.2, 0.25) is 5.91 Å². The molecule has 1 rings (SSSR count). The Morgan fingerprint density at radius 3 is 2.39 bits per heavy atom. The molecule has 0 bridgehead atoms. The van der Waals surface area contributed by atoms with Crippen molar-refractivity contribution in [3.05, 3.63) is 0 Å². The second kappa shape index (κ2) is 7.24. The Bertz CT molecular complexity index is 284. The summed E-state index contributed by atoms with van der Waals surface area (Å²) in [5.41, 5.74) is 4.82. The van der Waals surface area contributed by atoms with Gasteiger partial charge in [-0.2, -0.15) is 0 Å². The summed E-state index contributed by atoms with van der Waals surface area (Å²) in [7, 11) is 0. The van der Waals surface area contributed by atoms with Gasteiger partial charge >= 0.3 is 6.09 Å². The minimum absolute atomic E-state index is 0.0743. The van der Waals surface area contributed by atoms with Crippen LogP contribution in [-0.4, -0.2) is 25.2 Å². The van der Waals surface area contributed by atoms with E-state index in [1.165, 1.54) is 0 Å². The van der Waals surface area contributed by atoms with Crippen LogP contribution in [0.15, 0.2) is 0 Å². The van der Waals surface area contributed by atoms with Gasteiger partial charge in [0.05, 0.1) is 6.54 Å². The van der Waals surface area contributed by atoms with Gasteiger partial charge in [-0.25, -0.2) is 4.79 Å². The van der Waals surface area contributed by atoms with Gasteiger partial charge in [0.1, 0.15) is 6.61 Å². The van der Waals surface area contributed by atoms with Crippen molar-refractivity contribution in [3.8, 4) is 0 Å². The fourth-order valence-electron chi connectivity index (χ4n) is 2.52. The molecule has 2 amide bonds. The Hall–Kier alpha value is -1.26. The first-order chi connectivity index (χ1) is 8.50. The molecule has 0 aromatic heterocycles. The maximum absolute atomic E-state index is 11.8. The molecule has 0 atom stereocenters. The highest BCUT2D eigenvalue weighted by atomic mass is 16.5. The molecule has 0 saturated heterocycles. The topological polar surface area (TPSA) is 81.4 Å². The lowest BCUT2D eigenvalue weighted by Crippen LogP contribution is -2.36. The lowest BCUT2D eigenvalue weighted by Gasteiger charge is -2.30. The van der Waals surface area contributed by atoms with Crippen LogP contribution < -0.4 is 11.1 Å². The molecule has 1 fully saturated rings. The van der Waals surface area contributed by atoms with Gasteiger partial charge in [-0.05, 0) is 37.5 Å². The van der Waals surface area contributed by atoms with Gasteiger partial charge in [0, 0.05) is 5.92 Å². The number of ether oxygens (including phenoxy) is 1. The van der Waals surface area contributed by atoms with Gasteiger partial charge in [0.25, 0.3) is 0 Å². The number of nitrogens with one attached hydrogen (secondary N) is 1. The molecule has 0 aromatic rings. The lowest BCUT2D eigenvalue weighted by atomic mass is 9.77. The van der Waals surface area contributed by atoms with Crippen molar-refractivity contribution in [1.29, 1.82) is 0 Å². The minimum atomic E-state index is -0.804. The number of amides is 2. The number of hydrogen-bond donors (Lipinski definition) is 2. The molecular formula is C13H24N2O3. The van der Waals surface area contributed by atoms with Crippen LogP contribution in [0.3, 0.4) is 0 Å². The molecule has 0 aliphatic heterocycles. The molecule has 0 unspecified atom stereocenters. The van der Waals surface area contributed by atoms with Crippen molar-refractivity contribution in [1.82, 2.24) is 5.32 Å². The van der Waals surface area contributed by atoms with E-state index in [1.807, 2.05) is 0 Å². The molecule has 1 aliphatic rings. The maximum Gasteiger partial charge on any atom is 0.404 e. The number of rotatable bonds is 5. The Kier molecular flexibility index (Phi) is 5.95. The van der Waals surface area contributed by atoms with E-state index in [9.17, 15) is 9.59 Å². The summed E-state index contributed by atoms with van der Waals surface area (Å²) in [5, 5.41) is 2.78. The third kappa shape index (κ3) is 4.94. The predicted molar refractivity (Wildman–Crippen MR) is 68.8 cm³/mol. The predicted octanol–water partition coefficient (Wildman–Crippen LogP) is 1.66. The first kappa shape index (κ1) is 14.8. The van der Waals surface area contributed by atoms with Crippen molar-refractivity contribution >= 4 is 12.0 Å². The molecule has 5 nitrogen and oxygen atoms in total. The lowest BCUT2D eigenvalue weighted by molar-refractivity contribution is -0.126. The van der Waals surface area contributed by atoms with Crippen LogP contribution in [0.4, 0.5) is 4.79 Å². The highest BCUT2D eigenvalue weighted by molar-refractivity contribution is 5.78. The van der Waals surface area contributed by atoms with Crippen LogP contribution in [0.2, 0.25) is 0 Å². The number of primary amides is 1. The van der Waals surface area contributed by atoms with E-state index < -0.39 is 6.09 Å². The first-order valence-corrected chi connectivity index (χ1v) is 6.70. The molecule has 0 aromatic carbocycles. The van der Waals surface area contributed by atoms with E-state index in [2.05, 4.69) is 23.9 Å². The van der Waals surface area contributed by atoms with Crippen molar-refractivity contribution in [2.45, 2.75) is 39.5 Å². The summed E-state index contributed by atoms with van der Waals surface area (Å²) in [5.74, 6) is 1.66. The summed E-state index contributed by atoms with van der Waals surface area (Å²) in [6.07, 6.45) is 3.39. The summed E-state index contributed by atoms with van der Waals surface area (Å²) < 4.78 is 4.55. The Labute approximate surface area is 108 Å². The average Bonchev–Trinajstić information content (AvgIpc) is 2.34. The molecule has 0 heterocycles. The van der Waals surface area contributed by atoms with E-state index in [1.54, 1.807) is 0 Å². The second-order valence-electron chi connectivity index (χ2n) is 5.31. The minimum Gasteiger partial charge on any atom is -0.448 e. The molecular weight excluding hydrogens is 232 g/mol. The number of carbonyl (C=O) groups excluding carboxylic acids is 2. The van der Waals surface area contributed by atoms with Crippen LogP contribution in [0, 0.1) is 17.8 Å².